The fourth-order valence-corrected chi connectivity index (χ4v) is 19.3. The summed E-state index contributed by atoms with van der Waals surface area (Å²) in [5.41, 5.74) is 13.2. The molecule has 0 bridgehead atoms. The number of piperidine rings is 3. The molecule has 0 unspecified atom stereocenters. The zero-order valence-electron chi connectivity index (χ0n) is 73.0. The molecule has 0 aliphatic carbocycles. The lowest BCUT2D eigenvalue weighted by atomic mass is 9.87. The Morgan fingerprint density at radius 3 is 1.19 bits per heavy atom. The summed E-state index contributed by atoms with van der Waals surface area (Å²) in [7, 11) is 5.27. The molecule has 10 heterocycles. The van der Waals surface area contributed by atoms with E-state index in [-0.39, 0.29) is 36.6 Å². The predicted octanol–water partition coefficient (Wildman–Crippen LogP) is 16.4. The molecule has 6 saturated heterocycles. The van der Waals surface area contributed by atoms with Crippen LogP contribution < -0.4 is 73.8 Å². The first kappa shape index (κ1) is 89.1. The molecule has 0 saturated carbocycles. The van der Waals surface area contributed by atoms with Gasteiger partial charge in [0.15, 0.2) is 0 Å². The number of nitrogens with zero attached hydrogens (tertiary/aromatic N) is 7. The van der Waals surface area contributed by atoms with Crippen LogP contribution in [0.3, 0.4) is 0 Å². The minimum atomic E-state index is 0.106. The number of fused-ring (bicyclic) bond motifs is 3. The van der Waals surface area contributed by atoms with Crippen molar-refractivity contribution in [2.24, 2.45) is 0 Å². The first-order chi connectivity index (χ1) is 61.6. The van der Waals surface area contributed by atoms with E-state index in [0.29, 0.717) is 37.6 Å². The van der Waals surface area contributed by atoms with E-state index in [1.165, 1.54) is 33.4 Å². The average molecular weight is 1740 g/mol. The number of nitrogens with one attached hydrogen (secondary N) is 3. The molecule has 1 aromatic heterocycles. The summed E-state index contributed by atoms with van der Waals surface area (Å²) in [5, 5.41) is 12.2. The highest BCUT2D eigenvalue weighted by molar-refractivity contribution is 6.33. The Bertz CT molecular complexity index is 4800. The lowest BCUT2D eigenvalue weighted by Gasteiger charge is -2.33. The van der Waals surface area contributed by atoms with Gasteiger partial charge >= 0.3 is 0 Å². The number of hydrogen-bond donors (Lipinski definition) is 3. The van der Waals surface area contributed by atoms with Crippen LogP contribution in [0, 0.1) is 0 Å². The van der Waals surface area contributed by atoms with Crippen molar-refractivity contribution in [1.82, 2.24) is 20.9 Å². The van der Waals surface area contributed by atoms with Gasteiger partial charge < -0.3 is 102 Å². The molecule has 18 rings (SSSR count). The van der Waals surface area contributed by atoms with Crippen LogP contribution in [0.5, 0.6) is 34.5 Å². The quantitative estimate of drug-likeness (QED) is 0.0330. The predicted molar refractivity (Wildman–Crippen MR) is 499 cm³/mol. The zero-order valence-corrected chi connectivity index (χ0v) is 74.5. The number of ether oxygens (including phenoxy) is 12. The van der Waals surface area contributed by atoms with Gasteiger partial charge in [0.25, 0.3) is 0 Å². The normalized spacial score (nSPS) is 22.2. The maximum atomic E-state index is 6.57. The van der Waals surface area contributed by atoms with Crippen molar-refractivity contribution in [1.29, 1.82) is 0 Å². The first-order valence-corrected chi connectivity index (χ1v) is 46.3. The average Bonchev–Trinajstić information content (AvgIpc) is 1.03. The first-order valence-electron chi connectivity index (χ1n) is 45.5. The number of anilines is 6. The Morgan fingerprint density at radius 2 is 0.784 bits per heavy atom. The smallest absolute Gasteiger partial charge is 0.142 e. The van der Waals surface area contributed by atoms with E-state index in [9.17, 15) is 0 Å². The van der Waals surface area contributed by atoms with Crippen molar-refractivity contribution < 1.29 is 56.8 Å². The third-order valence-electron chi connectivity index (χ3n) is 25.6. The molecule has 9 aliphatic heterocycles. The van der Waals surface area contributed by atoms with E-state index in [0.717, 1.165) is 294 Å². The molecular weight excluding hydrogens is 1620 g/mol. The van der Waals surface area contributed by atoms with Crippen molar-refractivity contribution in [2.45, 2.75) is 132 Å². The van der Waals surface area contributed by atoms with Crippen LogP contribution in [0.25, 0.3) is 0 Å². The molecule has 125 heavy (non-hydrogen) atoms. The molecule has 0 spiro atoms. The van der Waals surface area contributed by atoms with Gasteiger partial charge in [-0.25, -0.2) is 4.98 Å². The summed E-state index contributed by atoms with van der Waals surface area (Å²) in [6.45, 7) is 22.8. The van der Waals surface area contributed by atoms with Gasteiger partial charge in [0.2, 0.25) is 0 Å². The molecule has 9 atom stereocenters. The summed E-state index contributed by atoms with van der Waals surface area (Å²) in [6, 6.07) is 67.5. The second-order valence-electron chi connectivity index (χ2n) is 34.0. The minimum absolute atomic E-state index is 0.106. The van der Waals surface area contributed by atoms with Crippen molar-refractivity contribution >= 4 is 57.5 Å². The Hall–Kier alpha value is -9.27. The number of rotatable bonds is 33. The fraction of sp³-hybridized carbons (Fsp3) is 0.475. The summed E-state index contributed by atoms with van der Waals surface area (Å²) < 4.78 is 72.4. The van der Waals surface area contributed by atoms with Gasteiger partial charge in [0, 0.05) is 154 Å². The molecule has 3 N–H and O–H groups in total. The number of benzene rings is 8. The molecule has 0 radical (unpaired) electrons. The standard InChI is InChI=1S/2C34H42ClN3O4.C33H42N4O4/c1-39-18-3-15-37-17-19-40-33-11-6-25(20-32(33)37)24-41-34-22-36-14-12-31(34)26-7-9-29(10-8-26)42-30-13-16-38(23-30)28-5-2-4-27(35)21-28;1-39-19-4-16-37-18-20-40-33-12-7-25(21-32(33)37)24-41-34-22-36-15-13-29(34)26-8-10-27(11-9-26)42-28-14-17-38(23-28)31-6-3-2-5-30(31)35;1-38-19-4-16-36-18-20-39-31-11-6-25(21-30(31)36)24-40-32-22-34-15-12-29(32)26-7-9-27(10-8-26)41-28-13-17-37(23-28)33-5-2-3-14-35-33/h2,4-11,20-21,30-31,34,36H,3,12-19,22-24H2,1H3;2-3,5-12,21,28-29,34,36H,4,13-20,22-24H2,1H3;2-3,5-11,14,21,28-29,32,34H,4,12-13,15-20,22-24H2,1H3/t30-,31+,34-;28-,29+,34-;28-,29+,32-/m000/s1. The van der Waals surface area contributed by atoms with Crippen molar-refractivity contribution in [3.05, 3.63) is 244 Å². The van der Waals surface area contributed by atoms with Crippen LogP contribution in [-0.4, -0.2) is 220 Å². The molecule has 24 heteroatoms. The molecule has 0 amide bonds. The van der Waals surface area contributed by atoms with Gasteiger partial charge in [0.05, 0.1) is 105 Å². The Balaban J connectivity index is 0.000000138. The summed E-state index contributed by atoms with van der Waals surface area (Å²) in [4.78, 5) is 18.6. The zero-order chi connectivity index (χ0) is 85.3. The van der Waals surface area contributed by atoms with E-state index in [1.54, 1.807) is 21.3 Å². The van der Waals surface area contributed by atoms with Gasteiger partial charge in [-0.2, -0.15) is 0 Å². The van der Waals surface area contributed by atoms with Crippen LogP contribution >= 0.6 is 23.2 Å². The number of methoxy groups -OCH3 is 3. The molecule has 666 valence electrons. The molecular formula is C101H126Cl2N10O12. The maximum absolute atomic E-state index is 6.57. The lowest BCUT2D eigenvalue weighted by molar-refractivity contribution is 0.0105. The molecule has 22 nitrogen and oxygen atoms in total. The molecule has 8 aromatic carbocycles. The van der Waals surface area contributed by atoms with Crippen LogP contribution in [0.4, 0.5) is 34.3 Å². The number of pyridine rings is 1. The summed E-state index contributed by atoms with van der Waals surface area (Å²) >= 11 is 12.6. The molecule has 6 fully saturated rings. The number of halogens is 2. The Kier molecular flexibility index (Phi) is 32.4. The van der Waals surface area contributed by atoms with Crippen molar-refractivity contribution in [2.75, 3.05) is 208 Å². The number of aromatic nitrogens is 1. The maximum Gasteiger partial charge on any atom is 0.142 e. The fourth-order valence-electron chi connectivity index (χ4n) is 18.9. The van der Waals surface area contributed by atoms with E-state index < -0.39 is 0 Å². The Labute approximate surface area is 749 Å². The lowest BCUT2D eigenvalue weighted by Crippen LogP contribution is -2.41. The van der Waals surface area contributed by atoms with Crippen molar-refractivity contribution in [3.63, 3.8) is 0 Å². The topological polar surface area (TPSA) is 179 Å². The van der Waals surface area contributed by atoms with Gasteiger partial charge in [0.1, 0.15) is 78.4 Å². The second-order valence-corrected chi connectivity index (χ2v) is 34.9. The number of hydrogen-bond acceptors (Lipinski definition) is 22. The third-order valence-corrected chi connectivity index (χ3v) is 26.1. The van der Waals surface area contributed by atoms with Gasteiger partial charge in [-0.3, -0.25) is 0 Å². The van der Waals surface area contributed by atoms with Gasteiger partial charge in [-0.1, -0.05) is 102 Å². The third kappa shape index (κ3) is 24.3. The van der Waals surface area contributed by atoms with Gasteiger partial charge in [-0.15, -0.1) is 0 Å². The monoisotopic (exact) mass is 1740 g/mol. The molecule has 9 aromatic rings. The van der Waals surface area contributed by atoms with Crippen LogP contribution in [0.1, 0.15) is 109 Å². The SMILES string of the molecule is COCCCN1CCOc2ccc(CO[C@H]3CNCC[C@@H]3c3ccc(O[C@H]4CCN(c5cccc(Cl)c5)C4)cc3)cc21.COCCCN1CCOc2ccc(CO[C@H]3CNCC[C@@H]3c3ccc(O[C@H]4CCN(c5ccccc5Cl)C4)cc3)cc21.COCCCN1CCOc2ccc(CO[C@H]3CNCC[C@@H]3c3ccc(O[C@H]4CCN(c5ccccn5)C4)cc3)cc21. The highest BCUT2D eigenvalue weighted by Crippen LogP contribution is 2.41. The largest absolute Gasteiger partial charge is 0.490 e. The highest BCUT2D eigenvalue weighted by atomic mass is 35.5. The van der Waals surface area contributed by atoms with E-state index in [2.05, 4.69) is 196 Å². The van der Waals surface area contributed by atoms with E-state index >= 15 is 0 Å². The van der Waals surface area contributed by atoms with Crippen molar-refractivity contribution in [3.8, 4) is 34.5 Å². The summed E-state index contributed by atoms with van der Waals surface area (Å²) in [5.74, 6) is 7.70. The Morgan fingerprint density at radius 1 is 0.384 bits per heavy atom. The van der Waals surface area contributed by atoms with E-state index in [4.69, 9.17) is 80.0 Å². The van der Waals surface area contributed by atoms with Crippen LogP contribution in [0.15, 0.2) is 200 Å². The van der Waals surface area contributed by atoms with Crippen LogP contribution in [-0.2, 0) is 48.2 Å². The number of para-hydroxylation sites is 1. The highest BCUT2D eigenvalue weighted by Gasteiger charge is 2.35. The molecule has 9 aliphatic rings. The van der Waals surface area contributed by atoms with Gasteiger partial charge in [-0.05, 0) is 207 Å². The second kappa shape index (κ2) is 45.4. The summed E-state index contributed by atoms with van der Waals surface area (Å²) in [6.07, 6.45) is 11.8. The minimum Gasteiger partial charge on any atom is -0.490 e. The van der Waals surface area contributed by atoms with Crippen LogP contribution in [0.2, 0.25) is 10.0 Å². The van der Waals surface area contributed by atoms with E-state index in [1.807, 2.05) is 54.7 Å².